The maximum atomic E-state index is 13.9. The van der Waals surface area contributed by atoms with Crippen molar-refractivity contribution in [3.8, 4) is 0 Å². The summed E-state index contributed by atoms with van der Waals surface area (Å²) in [5, 5.41) is 11.0. The first-order valence-electron chi connectivity index (χ1n) is 6.69. The molecular weight excluding hydrogens is 349 g/mol. The summed E-state index contributed by atoms with van der Waals surface area (Å²) in [6, 6.07) is 2.90. The molecule has 0 spiro atoms. The van der Waals surface area contributed by atoms with E-state index in [1.54, 1.807) is 6.92 Å². The highest BCUT2D eigenvalue weighted by atomic mass is 35.5. The monoisotopic (exact) mass is 369 g/mol. The molecular formula is C13H21ClFN3O4S. The van der Waals surface area contributed by atoms with Crippen molar-refractivity contribution < 1.29 is 17.7 Å². The molecule has 0 amide bonds. The molecule has 0 aliphatic heterocycles. The van der Waals surface area contributed by atoms with E-state index in [4.69, 9.17) is 5.73 Å². The number of benzene rings is 1. The second-order valence-corrected chi connectivity index (χ2v) is 7.43. The Morgan fingerprint density at radius 3 is 2.43 bits per heavy atom. The first kappa shape index (κ1) is 21.7. The molecule has 1 aromatic rings. The fourth-order valence-electron chi connectivity index (χ4n) is 2.35. The Hall–Kier alpha value is -1.29. The predicted octanol–water partition coefficient (Wildman–Crippen LogP) is 2.20. The van der Waals surface area contributed by atoms with E-state index in [-0.39, 0.29) is 24.9 Å². The lowest BCUT2D eigenvalue weighted by atomic mass is 9.92. The fourth-order valence-corrected chi connectivity index (χ4v) is 4.01. The van der Waals surface area contributed by atoms with Crippen molar-refractivity contribution in [3.63, 3.8) is 0 Å². The van der Waals surface area contributed by atoms with E-state index >= 15 is 0 Å². The van der Waals surface area contributed by atoms with E-state index < -0.39 is 36.9 Å². The van der Waals surface area contributed by atoms with Gasteiger partial charge < -0.3 is 5.73 Å². The number of hydrogen-bond donors (Lipinski definition) is 2. The molecule has 1 aromatic carbocycles. The lowest BCUT2D eigenvalue weighted by Gasteiger charge is -2.30. The number of sulfonamides is 1. The largest absolute Gasteiger partial charge is 0.329 e. The van der Waals surface area contributed by atoms with E-state index in [2.05, 4.69) is 4.72 Å². The van der Waals surface area contributed by atoms with Crippen LogP contribution in [-0.2, 0) is 10.0 Å². The van der Waals surface area contributed by atoms with Gasteiger partial charge >= 0.3 is 0 Å². The standard InChI is InChI=1S/C13H20FN3O4S.ClH/c1-9(2)7-13(3,8-15)16-22(20,21)12-10(14)5-4-6-11(12)17(18)19;/h4-6,9,16H,7-8,15H2,1-3H3;1H. The summed E-state index contributed by atoms with van der Waals surface area (Å²) in [4.78, 5) is 9.06. The third kappa shape index (κ3) is 5.38. The van der Waals surface area contributed by atoms with Gasteiger partial charge in [0.05, 0.1) is 4.92 Å². The van der Waals surface area contributed by atoms with Crippen LogP contribution in [0.4, 0.5) is 10.1 Å². The van der Waals surface area contributed by atoms with Crippen molar-refractivity contribution in [1.29, 1.82) is 0 Å². The lowest BCUT2D eigenvalue weighted by molar-refractivity contribution is -0.388. The zero-order chi connectivity index (χ0) is 17.1. The number of nitrogens with zero attached hydrogens (tertiary/aromatic N) is 1. The third-order valence-corrected chi connectivity index (χ3v) is 4.80. The van der Waals surface area contributed by atoms with Crippen LogP contribution in [0.5, 0.6) is 0 Å². The Labute approximate surface area is 141 Å². The van der Waals surface area contributed by atoms with Gasteiger partial charge in [0.1, 0.15) is 5.82 Å². The van der Waals surface area contributed by atoms with Crippen LogP contribution in [-0.4, -0.2) is 25.4 Å². The molecule has 132 valence electrons. The van der Waals surface area contributed by atoms with Crippen molar-refractivity contribution in [2.24, 2.45) is 11.7 Å². The fraction of sp³-hybridized carbons (Fsp3) is 0.538. The van der Waals surface area contributed by atoms with E-state index in [1.807, 2.05) is 13.8 Å². The highest BCUT2D eigenvalue weighted by molar-refractivity contribution is 7.89. The van der Waals surface area contributed by atoms with Crippen molar-refractivity contribution in [2.75, 3.05) is 6.54 Å². The summed E-state index contributed by atoms with van der Waals surface area (Å²) < 4.78 is 41.0. The molecule has 0 aromatic heterocycles. The summed E-state index contributed by atoms with van der Waals surface area (Å²) >= 11 is 0. The molecule has 0 heterocycles. The van der Waals surface area contributed by atoms with Gasteiger partial charge in [-0.1, -0.05) is 19.9 Å². The van der Waals surface area contributed by atoms with Crippen LogP contribution in [0.3, 0.4) is 0 Å². The molecule has 1 atom stereocenters. The number of nitrogens with two attached hydrogens (primary N) is 1. The number of nitrogens with one attached hydrogen (secondary N) is 1. The maximum Gasteiger partial charge on any atom is 0.292 e. The summed E-state index contributed by atoms with van der Waals surface area (Å²) in [7, 11) is -4.43. The topological polar surface area (TPSA) is 115 Å². The van der Waals surface area contributed by atoms with Crippen LogP contribution in [0.1, 0.15) is 27.2 Å². The van der Waals surface area contributed by atoms with Gasteiger partial charge in [0.2, 0.25) is 0 Å². The molecule has 1 unspecified atom stereocenters. The third-order valence-electron chi connectivity index (χ3n) is 3.10. The van der Waals surface area contributed by atoms with Gasteiger partial charge in [-0.05, 0) is 25.3 Å². The molecule has 0 radical (unpaired) electrons. The van der Waals surface area contributed by atoms with Crippen LogP contribution in [0, 0.1) is 21.8 Å². The summed E-state index contributed by atoms with van der Waals surface area (Å²) in [6.07, 6.45) is 0.408. The normalized spacial score (nSPS) is 14.2. The van der Waals surface area contributed by atoms with Crippen molar-refractivity contribution >= 4 is 28.1 Å². The molecule has 23 heavy (non-hydrogen) atoms. The molecule has 0 aliphatic carbocycles. The number of rotatable bonds is 7. The van der Waals surface area contributed by atoms with Gasteiger partial charge in [-0.2, -0.15) is 0 Å². The summed E-state index contributed by atoms with van der Waals surface area (Å²) in [6.45, 7) is 5.32. The molecule has 0 saturated carbocycles. The summed E-state index contributed by atoms with van der Waals surface area (Å²) in [5.41, 5.74) is 3.79. The SMILES string of the molecule is CC(C)CC(C)(CN)NS(=O)(=O)c1c(F)cccc1[N+](=O)[O-].Cl. The molecule has 0 aliphatic rings. The number of hydrogen-bond acceptors (Lipinski definition) is 5. The average Bonchev–Trinajstić information content (AvgIpc) is 2.36. The van der Waals surface area contributed by atoms with E-state index in [9.17, 15) is 22.9 Å². The Bertz CT molecular complexity index is 669. The van der Waals surface area contributed by atoms with Gasteiger partial charge in [-0.25, -0.2) is 17.5 Å². The predicted molar refractivity (Wildman–Crippen MR) is 87.5 cm³/mol. The average molecular weight is 370 g/mol. The van der Waals surface area contributed by atoms with Gasteiger partial charge in [0.15, 0.2) is 4.90 Å². The van der Waals surface area contributed by atoms with Gasteiger partial charge in [0.25, 0.3) is 15.7 Å². The first-order valence-corrected chi connectivity index (χ1v) is 8.17. The lowest BCUT2D eigenvalue weighted by Crippen LogP contribution is -2.52. The van der Waals surface area contributed by atoms with E-state index in [0.29, 0.717) is 6.42 Å². The van der Waals surface area contributed by atoms with Gasteiger partial charge in [-0.3, -0.25) is 10.1 Å². The van der Waals surface area contributed by atoms with Crippen molar-refractivity contribution in [3.05, 3.63) is 34.1 Å². The molecule has 0 saturated heterocycles. The quantitative estimate of drug-likeness (QED) is 0.564. The molecule has 1 rings (SSSR count). The molecule has 3 N–H and O–H groups in total. The summed E-state index contributed by atoms with van der Waals surface area (Å²) in [5.74, 6) is -1.04. The van der Waals surface area contributed by atoms with Crippen LogP contribution < -0.4 is 10.5 Å². The Morgan fingerprint density at radius 2 is 2.00 bits per heavy atom. The van der Waals surface area contributed by atoms with Crippen LogP contribution in [0.15, 0.2) is 23.1 Å². The molecule has 0 bridgehead atoms. The highest BCUT2D eigenvalue weighted by Gasteiger charge is 2.36. The highest BCUT2D eigenvalue weighted by Crippen LogP contribution is 2.28. The number of nitro groups is 1. The number of nitro benzene ring substituents is 1. The maximum absolute atomic E-state index is 13.9. The number of halogens is 2. The molecule has 10 heteroatoms. The Kier molecular flexibility index (Phi) is 7.55. The zero-order valence-electron chi connectivity index (χ0n) is 13.1. The zero-order valence-corrected chi connectivity index (χ0v) is 14.7. The minimum absolute atomic E-state index is 0. The van der Waals surface area contributed by atoms with Crippen molar-refractivity contribution in [1.82, 2.24) is 4.72 Å². The second kappa shape index (κ2) is 8.00. The smallest absolute Gasteiger partial charge is 0.292 e. The van der Waals surface area contributed by atoms with Gasteiger partial charge in [-0.15, -0.1) is 12.4 Å². The molecule has 0 fully saturated rings. The van der Waals surface area contributed by atoms with E-state index in [1.165, 1.54) is 0 Å². The van der Waals surface area contributed by atoms with Gasteiger partial charge in [0, 0.05) is 18.2 Å². The first-order chi connectivity index (χ1) is 10.0. The second-order valence-electron chi connectivity index (χ2n) is 5.81. The van der Waals surface area contributed by atoms with Crippen LogP contribution in [0.25, 0.3) is 0 Å². The van der Waals surface area contributed by atoms with E-state index in [0.717, 1.165) is 18.2 Å². The minimum atomic E-state index is -4.43. The van der Waals surface area contributed by atoms with Crippen molar-refractivity contribution in [2.45, 2.75) is 37.6 Å². The Balaban J connectivity index is 0.00000484. The van der Waals surface area contributed by atoms with Crippen LogP contribution in [0.2, 0.25) is 0 Å². The van der Waals surface area contributed by atoms with Crippen LogP contribution >= 0.6 is 12.4 Å². The Morgan fingerprint density at radius 1 is 1.43 bits per heavy atom. The molecule has 7 nitrogen and oxygen atoms in total. The minimum Gasteiger partial charge on any atom is -0.329 e.